The number of hydrogen-bond acceptors (Lipinski definition) is 3. The summed E-state index contributed by atoms with van der Waals surface area (Å²) in [5, 5.41) is 7.77. The first-order valence-corrected chi connectivity index (χ1v) is 6.66. The van der Waals surface area contributed by atoms with Crippen LogP contribution in [0.1, 0.15) is 24.7 Å². The molecule has 0 bridgehead atoms. The average Bonchev–Trinajstić information content (AvgIpc) is 2.77. The normalized spacial score (nSPS) is 19.1. The molecule has 18 heavy (non-hydrogen) atoms. The predicted molar refractivity (Wildman–Crippen MR) is 68.6 cm³/mol. The molecule has 0 spiro atoms. The van der Waals surface area contributed by atoms with E-state index in [4.69, 9.17) is 16.3 Å². The summed E-state index contributed by atoms with van der Waals surface area (Å²) >= 11 is 6.06. The smallest absolute Gasteiger partial charge is 0.146 e. The number of halogens is 2. The van der Waals surface area contributed by atoms with Crippen LogP contribution in [0.5, 0.6) is 0 Å². The van der Waals surface area contributed by atoms with Crippen molar-refractivity contribution in [2.75, 3.05) is 26.8 Å². The van der Waals surface area contributed by atoms with Gasteiger partial charge in [-0.05, 0) is 31.8 Å². The van der Waals surface area contributed by atoms with Crippen LogP contribution in [0.4, 0.5) is 4.39 Å². The lowest BCUT2D eigenvalue weighted by atomic mass is 9.91. The summed E-state index contributed by atoms with van der Waals surface area (Å²) in [6.07, 6.45) is 2.15. The molecule has 6 heteroatoms. The summed E-state index contributed by atoms with van der Waals surface area (Å²) in [6.45, 7) is 2.78. The van der Waals surface area contributed by atoms with Crippen LogP contribution in [0.2, 0.25) is 5.02 Å². The molecule has 1 N–H and O–H groups in total. The Balaban J connectivity index is 2.12. The molecule has 4 nitrogen and oxygen atoms in total. The molecule has 0 radical (unpaired) electrons. The third-order valence-electron chi connectivity index (χ3n) is 3.40. The Morgan fingerprint density at radius 1 is 1.61 bits per heavy atom. The second-order valence-electron chi connectivity index (χ2n) is 4.58. The summed E-state index contributed by atoms with van der Waals surface area (Å²) < 4.78 is 21.2. The molecule has 1 unspecified atom stereocenters. The molecule has 2 rings (SSSR count). The average molecular weight is 276 g/mol. The molecule has 1 aromatic rings. The van der Waals surface area contributed by atoms with E-state index in [0.717, 1.165) is 25.9 Å². The molecule has 1 saturated heterocycles. The molecular weight excluding hydrogens is 257 g/mol. The van der Waals surface area contributed by atoms with Crippen molar-refractivity contribution in [1.29, 1.82) is 0 Å². The molecule has 1 aliphatic heterocycles. The van der Waals surface area contributed by atoms with Crippen LogP contribution >= 0.6 is 11.6 Å². The summed E-state index contributed by atoms with van der Waals surface area (Å²) in [7, 11) is 1.62. The second-order valence-corrected chi connectivity index (χ2v) is 4.99. The molecule has 102 valence electrons. The Morgan fingerprint density at radius 2 is 2.33 bits per heavy atom. The standard InChI is InChI=1S/C12H19ClFN3O/c1-18-7-6-17-12(10(13)8-16-17)11(14)9-2-4-15-5-3-9/h8-9,11,15H,2-7H2,1H3. The van der Waals surface area contributed by atoms with Gasteiger partial charge in [0.15, 0.2) is 0 Å². The number of aromatic nitrogens is 2. The zero-order valence-corrected chi connectivity index (χ0v) is 11.3. The monoisotopic (exact) mass is 275 g/mol. The van der Waals surface area contributed by atoms with Gasteiger partial charge in [-0.1, -0.05) is 11.6 Å². The first kappa shape index (κ1) is 13.8. The van der Waals surface area contributed by atoms with Crippen molar-refractivity contribution in [2.45, 2.75) is 25.6 Å². The topological polar surface area (TPSA) is 39.1 Å². The van der Waals surface area contributed by atoms with Crippen LogP contribution in [0.25, 0.3) is 0 Å². The molecule has 0 aliphatic carbocycles. The second kappa shape index (κ2) is 6.50. The first-order valence-electron chi connectivity index (χ1n) is 6.29. The maximum absolute atomic E-state index is 14.6. The molecule has 0 saturated carbocycles. The summed E-state index contributed by atoms with van der Waals surface area (Å²) in [6, 6.07) is 0. The van der Waals surface area contributed by atoms with Crippen LogP contribution in [0.3, 0.4) is 0 Å². The maximum atomic E-state index is 14.6. The van der Waals surface area contributed by atoms with E-state index in [9.17, 15) is 4.39 Å². The lowest BCUT2D eigenvalue weighted by Crippen LogP contribution is -2.30. The highest BCUT2D eigenvalue weighted by atomic mass is 35.5. The van der Waals surface area contributed by atoms with Gasteiger partial charge in [-0.15, -0.1) is 0 Å². The summed E-state index contributed by atoms with van der Waals surface area (Å²) in [5.74, 6) is 0.0294. The predicted octanol–water partition coefficient (Wildman–Crippen LogP) is 2.19. The lowest BCUT2D eigenvalue weighted by Gasteiger charge is -2.26. The van der Waals surface area contributed by atoms with Crippen molar-refractivity contribution in [3.8, 4) is 0 Å². The molecule has 1 aromatic heterocycles. The number of ether oxygens (including phenoxy) is 1. The van der Waals surface area contributed by atoms with Gasteiger partial charge in [0.2, 0.25) is 0 Å². The van der Waals surface area contributed by atoms with Crippen molar-refractivity contribution in [3.63, 3.8) is 0 Å². The van der Waals surface area contributed by atoms with Gasteiger partial charge < -0.3 is 10.1 Å². The van der Waals surface area contributed by atoms with Gasteiger partial charge in [0, 0.05) is 7.11 Å². The highest BCUT2D eigenvalue weighted by molar-refractivity contribution is 6.31. The summed E-state index contributed by atoms with van der Waals surface area (Å²) in [4.78, 5) is 0. The fourth-order valence-electron chi connectivity index (χ4n) is 2.36. The molecular formula is C12H19ClFN3O. The fraction of sp³-hybridized carbons (Fsp3) is 0.750. The number of nitrogens with zero attached hydrogens (tertiary/aromatic N) is 2. The largest absolute Gasteiger partial charge is 0.383 e. The molecule has 0 aromatic carbocycles. The van der Waals surface area contributed by atoms with E-state index >= 15 is 0 Å². The van der Waals surface area contributed by atoms with Gasteiger partial charge in [0.25, 0.3) is 0 Å². The van der Waals surface area contributed by atoms with Crippen LogP contribution in [-0.4, -0.2) is 36.6 Å². The van der Waals surface area contributed by atoms with Crippen LogP contribution in [-0.2, 0) is 11.3 Å². The molecule has 1 aliphatic rings. The zero-order chi connectivity index (χ0) is 13.0. The van der Waals surface area contributed by atoms with E-state index in [1.54, 1.807) is 11.8 Å². The minimum Gasteiger partial charge on any atom is -0.383 e. The highest BCUT2D eigenvalue weighted by Gasteiger charge is 2.29. The van der Waals surface area contributed by atoms with Gasteiger partial charge in [-0.25, -0.2) is 4.39 Å². The number of nitrogens with one attached hydrogen (secondary N) is 1. The van der Waals surface area contributed by atoms with Gasteiger partial charge in [-0.2, -0.15) is 5.10 Å². The zero-order valence-electron chi connectivity index (χ0n) is 10.5. The Kier molecular flexibility index (Phi) is 4.97. The number of hydrogen-bond donors (Lipinski definition) is 1. The van der Waals surface area contributed by atoms with E-state index in [1.165, 1.54) is 6.20 Å². The van der Waals surface area contributed by atoms with Crippen molar-refractivity contribution in [2.24, 2.45) is 5.92 Å². The Labute approximate surface area is 111 Å². The molecule has 0 amide bonds. The first-order chi connectivity index (χ1) is 8.74. The molecule has 1 fully saturated rings. The minimum absolute atomic E-state index is 0.0294. The van der Waals surface area contributed by atoms with Crippen molar-refractivity contribution in [1.82, 2.24) is 15.1 Å². The van der Waals surface area contributed by atoms with Crippen molar-refractivity contribution < 1.29 is 9.13 Å². The lowest BCUT2D eigenvalue weighted by molar-refractivity contribution is 0.161. The van der Waals surface area contributed by atoms with Gasteiger partial charge in [-0.3, -0.25) is 4.68 Å². The summed E-state index contributed by atoms with van der Waals surface area (Å²) in [5.41, 5.74) is 0.501. The van der Waals surface area contributed by atoms with Gasteiger partial charge in [0.05, 0.1) is 30.1 Å². The number of alkyl halides is 1. The van der Waals surface area contributed by atoms with Crippen molar-refractivity contribution >= 4 is 11.6 Å². The Morgan fingerprint density at radius 3 is 3.00 bits per heavy atom. The number of rotatable bonds is 5. The minimum atomic E-state index is -1.04. The van der Waals surface area contributed by atoms with E-state index in [0.29, 0.717) is 23.9 Å². The van der Waals surface area contributed by atoms with Gasteiger partial charge >= 0.3 is 0 Å². The third-order valence-corrected chi connectivity index (χ3v) is 3.69. The highest BCUT2D eigenvalue weighted by Crippen LogP contribution is 2.35. The van der Waals surface area contributed by atoms with Crippen LogP contribution < -0.4 is 5.32 Å². The van der Waals surface area contributed by atoms with Crippen molar-refractivity contribution in [3.05, 3.63) is 16.9 Å². The van der Waals surface area contributed by atoms with E-state index in [1.807, 2.05) is 0 Å². The van der Waals surface area contributed by atoms with E-state index < -0.39 is 6.17 Å². The van der Waals surface area contributed by atoms with E-state index in [-0.39, 0.29) is 5.92 Å². The Bertz CT molecular complexity index is 379. The molecule has 1 atom stereocenters. The SMILES string of the molecule is COCCn1ncc(Cl)c1C(F)C1CCNCC1. The number of piperidine rings is 1. The fourth-order valence-corrected chi connectivity index (χ4v) is 2.61. The maximum Gasteiger partial charge on any atom is 0.146 e. The van der Waals surface area contributed by atoms with Crippen LogP contribution in [0, 0.1) is 5.92 Å². The third kappa shape index (κ3) is 3.02. The van der Waals surface area contributed by atoms with Gasteiger partial charge in [0.1, 0.15) is 6.17 Å². The van der Waals surface area contributed by atoms with Crippen LogP contribution in [0.15, 0.2) is 6.20 Å². The molecule has 2 heterocycles. The quantitative estimate of drug-likeness (QED) is 0.895. The van der Waals surface area contributed by atoms with E-state index in [2.05, 4.69) is 10.4 Å². The Hall–Kier alpha value is -0.650. The number of methoxy groups -OCH3 is 1.